The van der Waals surface area contributed by atoms with Crippen LogP contribution in [-0.2, 0) is 65.4 Å². The van der Waals surface area contributed by atoms with Crippen LogP contribution in [0.2, 0.25) is 0 Å². The van der Waals surface area contributed by atoms with Gasteiger partial charge in [0, 0.05) is 25.7 Å². The lowest BCUT2D eigenvalue weighted by Gasteiger charge is -2.21. The molecule has 0 amide bonds. The van der Waals surface area contributed by atoms with Crippen LogP contribution in [0, 0.1) is 5.92 Å². The average molecular weight is 1560 g/mol. The van der Waals surface area contributed by atoms with Gasteiger partial charge in [0.2, 0.25) is 0 Å². The van der Waals surface area contributed by atoms with Crippen molar-refractivity contribution in [3.63, 3.8) is 0 Å². The number of rotatable bonds is 88. The van der Waals surface area contributed by atoms with Crippen LogP contribution in [0.4, 0.5) is 0 Å². The third kappa shape index (κ3) is 81.9. The van der Waals surface area contributed by atoms with Crippen LogP contribution in [0.3, 0.4) is 0 Å². The quantitative estimate of drug-likeness (QED) is 0.0222. The molecule has 0 aromatic rings. The molecule has 0 bridgehead atoms. The summed E-state index contributed by atoms with van der Waals surface area (Å²) >= 11 is 0. The van der Waals surface area contributed by atoms with E-state index in [2.05, 4.69) is 34.6 Å². The second-order valence-electron chi connectivity index (χ2n) is 32.1. The van der Waals surface area contributed by atoms with Gasteiger partial charge in [-0.3, -0.25) is 37.3 Å². The summed E-state index contributed by atoms with van der Waals surface area (Å²) in [7, 11) is -9.93. The first-order chi connectivity index (χ1) is 52.0. The van der Waals surface area contributed by atoms with Crippen molar-refractivity contribution in [3.05, 3.63) is 0 Å². The van der Waals surface area contributed by atoms with Gasteiger partial charge in [-0.15, -0.1) is 0 Å². The number of phosphoric acid groups is 2. The van der Waals surface area contributed by atoms with Crippen LogP contribution in [0.15, 0.2) is 0 Å². The number of ether oxygens (including phenoxy) is 4. The molecule has 2 unspecified atom stereocenters. The Bertz CT molecular complexity index is 2030. The average Bonchev–Trinajstić information content (AvgIpc) is 0.904. The smallest absolute Gasteiger partial charge is 0.462 e. The molecule has 107 heavy (non-hydrogen) atoms. The van der Waals surface area contributed by atoms with Gasteiger partial charge in [-0.2, -0.15) is 0 Å². The van der Waals surface area contributed by atoms with E-state index in [1.54, 1.807) is 0 Å². The molecule has 0 aromatic carbocycles. The van der Waals surface area contributed by atoms with E-state index in [-0.39, 0.29) is 25.7 Å². The fourth-order valence-electron chi connectivity index (χ4n) is 13.8. The highest BCUT2D eigenvalue weighted by Gasteiger charge is 2.30. The van der Waals surface area contributed by atoms with E-state index in [1.807, 2.05) is 0 Å². The Kier molecular flexibility index (Phi) is 79.2. The Morgan fingerprint density at radius 2 is 0.430 bits per heavy atom. The molecular weight excluding hydrogens is 1390 g/mol. The van der Waals surface area contributed by atoms with Gasteiger partial charge in [0.25, 0.3) is 0 Å². The topological polar surface area (TPSA) is 237 Å². The number of unbranched alkanes of at least 4 members (excludes halogenated alkanes) is 60. The van der Waals surface area contributed by atoms with Crippen LogP contribution >= 0.6 is 15.6 Å². The number of phosphoric ester groups is 2. The molecule has 0 rings (SSSR count). The number of carbonyl (C=O) groups excluding carboxylic acids is 4. The SMILES string of the molecule is CCCCCCCCCCCCCCCCCCCCC(=O)OC[C@H](COP(=O)(O)OC[C@@H](O)COP(=O)(O)OC[C@@H](COC(=O)CCCCCCCCCCCCCCC)OC(=O)CCCCCCCCCCCCCCCCC)OC(=O)CCCCCCCCCCCCCCCCCCCCC(C)C. The second-order valence-corrected chi connectivity index (χ2v) is 35.0. The number of aliphatic hydroxyl groups is 1. The molecule has 0 fully saturated rings. The first-order valence-corrected chi connectivity index (χ1v) is 48.6. The summed E-state index contributed by atoms with van der Waals surface area (Å²) in [6, 6.07) is 0. The minimum atomic E-state index is -4.97. The summed E-state index contributed by atoms with van der Waals surface area (Å²) in [4.78, 5) is 73.3. The molecule has 3 N–H and O–H groups in total. The van der Waals surface area contributed by atoms with Crippen LogP contribution in [0.1, 0.15) is 478 Å². The summed E-state index contributed by atoms with van der Waals surface area (Å²) < 4.78 is 69.0. The third-order valence-corrected chi connectivity index (χ3v) is 22.7. The van der Waals surface area contributed by atoms with Gasteiger partial charge < -0.3 is 33.8 Å². The van der Waals surface area contributed by atoms with Crippen molar-refractivity contribution in [3.8, 4) is 0 Å². The lowest BCUT2D eigenvalue weighted by molar-refractivity contribution is -0.161. The summed E-state index contributed by atoms with van der Waals surface area (Å²) in [6.45, 7) is 7.42. The highest BCUT2D eigenvalue weighted by atomic mass is 31.2. The number of aliphatic hydroxyl groups excluding tert-OH is 1. The summed E-state index contributed by atoms with van der Waals surface area (Å²) in [5.41, 5.74) is 0. The minimum absolute atomic E-state index is 0.109. The molecular formula is C88H172O17P2. The van der Waals surface area contributed by atoms with Crippen LogP contribution in [-0.4, -0.2) is 96.7 Å². The van der Waals surface area contributed by atoms with Crippen molar-refractivity contribution in [2.75, 3.05) is 39.6 Å². The zero-order valence-corrected chi connectivity index (χ0v) is 72.1. The van der Waals surface area contributed by atoms with Crippen molar-refractivity contribution in [2.24, 2.45) is 5.92 Å². The van der Waals surface area contributed by atoms with E-state index < -0.39 is 97.5 Å². The zero-order valence-electron chi connectivity index (χ0n) is 70.3. The second kappa shape index (κ2) is 80.7. The van der Waals surface area contributed by atoms with E-state index in [0.717, 1.165) is 95.8 Å². The fraction of sp³-hybridized carbons (Fsp3) is 0.955. The molecule has 0 aliphatic carbocycles. The summed E-state index contributed by atoms with van der Waals surface area (Å²) in [5.74, 6) is -1.27. The zero-order chi connectivity index (χ0) is 78.3. The van der Waals surface area contributed by atoms with E-state index in [1.165, 1.54) is 302 Å². The number of carbonyl (C=O) groups is 4. The van der Waals surface area contributed by atoms with Crippen molar-refractivity contribution < 1.29 is 80.2 Å². The maximum Gasteiger partial charge on any atom is 0.472 e. The van der Waals surface area contributed by atoms with E-state index in [9.17, 15) is 43.2 Å². The van der Waals surface area contributed by atoms with E-state index in [0.29, 0.717) is 25.7 Å². The number of hydrogen-bond donors (Lipinski definition) is 3. The molecule has 0 radical (unpaired) electrons. The largest absolute Gasteiger partial charge is 0.472 e. The highest BCUT2D eigenvalue weighted by Crippen LogP contribution is 2.45. The van der Waals surface area contributed by atoms with Crippen molar-refractivity contribution >= 4 is 39.5 Å². The number of esters is 4. The fourth-order valence-corrected chi connectivity index (χ4v) is 15.4. The lowest BCUT2D eigenvalue weighted by atomic mass is 10.0. The van der Waals surface area contributed by atoms with E-state index in [4.69, 9.17) is 37.0 Å². The van der Waals surface area contributed by atoms with Gasteiger partial charge >= 0.3 is 39.5 Å². The van der Waals surface area contributed by atoms with Gasteiger partial charge in [-0.05, 0) is 31.6 Å². The van der Waals surface area contributed by atoms with Gasteiger partial charge in [-0.1, -0.05) is 426 Å². The van der Waals surface area contributed by atoms with Gasteiger partial charge in [0.1, 0.15) is 19.3 Å². The van der Waals surface area contributed by atoms with Crippen molar-refractivity contribution in [1.29, 1.82) is 0 Å². The summed E-state index contributed by atoms with van der Waals surface area (Å²) in [5, 5.41) is 10.7. The van der Waals surface area contributed by atoms with Gasteiger partial charge in [0.15, 0.2) is 12.2 Å². The molecule has 0 aromatic heterocycles. The Labute approximate surface area is 658 Å². The van der Waals surface area contributed by atoms with Crippen LogP contribution < -0.4 is 0 Å². The Hall–Kier alpha value is -1.94. The molecule has 0 aliphatic rings. The molecule has 19 heteroatoms. The molecule has 0 saturated heterocycles. The molecule has 0 spiro atoms. The Balaban J connectivity index is 5.25. The Morgan fingerprint density at radius 1 is 0.252 bits per heavy atom. The van der Waals surface area contributed by atoms with E-state index >= 15 is 0 Å². The summed E-state index contributed by atoms with van der Waals surface area (Å²) in [6.07, 6.45) is 74.9. The molecule has 0 heterocycles. The Morgan fingerprint density at radius 3 is 0.636 bits per heavy atom. The highest BCUT2D eigenvalue weighted by molar-refractivity contribution is 7.47. The first-order valence-electron chi connectivity index (χ1n) is 45.6. The maximum absolute atomic E-state index is 13.2. The minimum Gasteiger partial charge on any atom is -0.462 e. The predicted molar refractivity (Wildman–Crippen MR) is 442 cm³/mol. The normalized spacial score (nSPS) is 13.7. The maximum atomic E-state index is 13.2. The molecule has 17 nitrogen and oxygen atoms in total. The number of hydrogen-bond acceptors (Lipinski definition) is 15. The molecule has 5 atom stereocenters. The van der Waals surface area contributed by atoms with Crippen molar-refractivity contribution in [2.45, 2.75) is 496 Å². The lowest BCUT2D eigenvalue weighted by Crippen LogP contribution is -2.30. The third-order valence-electron chi connectivity index (χ3n) is 20.8. The standard InChI is InChI=1S/C88H172O17P2/c1-6-9-12-15-18-21-24-27-29-30-34-38-42-47-52-57-62-67-72-86(91)99-78-84(105-88(93)74-69-64-59-54-49-44-39-35-32-31-33-37-41-45-50-55-60-65-70-81(4)5)80-103-107(96,97)101-76-82(89)75-100-106(94,95)102-79-83(77-98-85(90)71-66-61-56-51-46-40-26-23-20-17-14-11-8-3)104-87(92)73-68-63-58-53-48-43-36-28-25-22-19-16-13-10-7-2/h81-84,89H,6-80H2,1-5H3,(H,94,95)(H,96,97)/t82-,83+,84+/m0/s1. The first kappa shape index (κ1) is 105. The molecule has 0 saturated carbocycles. The van der Waals surface area contributed by atoms with Crippen LogP contribution in [0.5, 0.6) is 0 Å². The van der Waals surface area contributed by atoms with Gasteiger partial charge in [0.05, 0.1) is 26.4 Å². The van der Waals surface area contributed by atoms with Gasteiger partial charge in [-0.25, -0.2) is 9.13 Å². The predicted octanol–water partition coefficient (Wildman–Crippen LogP) is 27.2. The monoisotopic (exact) mass is 1560 g/mol. The molecule has 0 aliphatic heterocycles. The van der Waals surface area contributed by atoms with Crippen molar-refractivity contribution in [1.82, 2.24) is 0 Å². The van der Waals surface area contributed by atoms with Crippen LogP contribution in [0.25, 0.3) is 0 Å². The molecule has 636 valence electrons.